The number of carbonyl (C=O) groups is 1. The van der Waals surface area contributed by atoms with Crippen molar-refractivity contribution in [3.05, 3.63) is 50.6 Å². The van der Waals surface area contributed by atoms with E-state index < -0.39 is 0 Å². The van der Waals surface area contributed by atoms with E-state index in [9.17, 15) is 4.79 Å². The number of hydrogen-bond acceptors (Lipinski definition) is 4. The molecule has 0 spiro atoms. The van der Waals surface area contributed by atoms with Crippen molar-refractivity contribution in [3.8, 4) is 5.75 Å². The van der Waals surface area contributed by atoms with Gasteiger partial charge in [-0.25, -0.2) is 0 Å². The van der Waals surface area contributed by atoms with Crippen molar-refractivity contribution in [2.75, 3.05) is 20.3 Å². The summed E-state index contributed by atoms with van der Waals surface area (Å²) >= 11 is 4.76. The van der Waals surface area contributed by atoms with Gasteiger partial charge in [0.15, 0.2) is 6.61 Å². The first-order valence-electron chi connectivity index (χ1n) is 6.17. The molecule has 0 saturated carbocycles. The summed E-state index contributed by atoms with van der Waals surface area (Å²) in [6, 6.07) is 9.59. The number of ketones is 1. The zero-order valence-corrected chi connectivity index (χ0v) is 13.5. The number of benzene rings is 1. The lowest BCUT2D eigenvalue weighted by Crippen LogP contribution is -2.10. The Morgan fingerprint density at radius 2 is 2.00 bits per heavy atom. The Labute approximate surface area is 130 Å². The Kier molecular flexibility index (Phi) is 5.76. The van der Waals surface area contributed by atoms with Crippen molar-refractivity contribution < 1.29 is 14.3 Å². The van der Waals surface area contributed by atoms with Gasteiger partial charge in [0, 0.05) is 11.6 Å². The number of rotatable bonds is 7. The quantitative estimate of drug-likeness (QED) is 0.706. The van der Waals surface area contributed by atoms with E-state index in [0.29, 0.717) is 17.2 Å². The summed E-state index contributed by atoms with van der Waals surface area (Å²) in [5, 5.41) is 1.88. The highest BCUT2D eigenvalue weighted by molar-refractivity contribution is 9.10. The van der Waals surface area contributed by atoms with Gasteiger partial charge in [0.05, 0.1) is 11.5 Å². The maximum absolute atomic E-state index is 11.9. The fraction of sp³-hybridized carbons (Fsp3) is 0.267. The molecule has 1 heterocycles. The highest BCUT2D eigenvalue weighted by Gasteiger charge is 2.12. The Balaban J connectivity index is 1.88. The molecule has 2 aromatic rings. The van der Waals surface area contributed by atoms with E-state index in [1.165, 1.54) is 16.9 Å². The first-order chi connectivity index (χ1) is 9.70. The van der Waals surface area contributed by atoms with E-state index in [-0.39, 0.29) is 12.4 Å². The molecule has 0 unspecified atom stereocenters. The normalized spacial score (nSPS) is 10.5. The van der Waals surface area contributed by atoms with Crippen LogP contribution >= 0.6 is 27.3 Å². The first-order valence-corrected chi connectivity index (χ1v) is 7.85. The first kappa shape index (κ1) is 15.2. The van der Waals surface area contributed by atoms with Gasteiger partial charge < -0.3 is 9.47 Å². The van der Waals surface area contributed by atoms with Crippen molar-refractivity contribution in [1.29, 1.82) is 0 Å². The van der Waals surface area contributed by atoms with E-state index in [4.69, 9.17) is 9.47 Å². The van der Waals surface area contributed by atoms with Crippen molar-refractivity contribution in [1.82, 2.24) is 0 Å². The van der Waals surface area contributed by atoms with Gasteiger partial charge >= 0.3 is 0 Å². The molecule has 106 valence electrons. The minimum absolute atomic E-state index is 0.0182. The minimum atomic E-state index is -0.0182. The van der Waals surface area contributed by atoms with Crippen LogP contribution in [0.4, 0.5) is 0 Å². The lowest BCUT2D eigenvalue weighted by atomic mass is 10.1. The summed E-state index contributed by atoms with van der Waals surface area (Å²) in [5.74, 6) is 0.683. The second-order valence-electron chi connectivity index (χ2n) is 4.20. The van der Waals surface area contributed by atoms with Crippen LogP contribution < -0.4 is 4.74 Å². The minimum Gasteiger partial charge on any atom is -0.485 e. The van der Waals surface area contributed by atoms with Crippen LogP contribution in [0.15, 0.2) is 40.2 Å². The molecule has 0 bridgehead atoms. The van der Waals surface area contributed by atoms with Crippen molar-refractivity contribution in [3.63, 3.8) is 0 Å². The fourth-order valence-electron chi connectivity index (χ4n) is 1.68. The van der Waals surface area contributed by atoms with Crippen molar-refractivity contribution in [2.24, 2.45) is 0 Å². The molecule has 3 nitrogen and oxygen atoms in total. The second-order valence-corrected chi connectivity index (χ2v) is 5.97. The third-order valence-corrected chi connectivity index (χ3v) is 4.64. The number of Topliss-reactive ketones (excluding diaryl/α,β-unsaturated/α-hetero) is 1. The van der Waals surface area contributed by atoms with Crippen molar-refractivity contribution >= 4 is 33.0 Å². The predicted octanol–water partition coefficient (Wildman–Crippen LogP) is 3.96. The van der Waals surface area contributed by atoms with Gasteiger partial charge in [-0.2, -0.15) is 0 Å². The van der Waals surface area contributed by atoms with Gasteiger partial charge in [-0.15, -0.1) is 11.3 Å². The van der Waals surface area contributed by atoms with Gasteiger partial charge in [-0.1, -0.05) is 12.1 Å². The topological polar surface area (TPSA) is 35.5 Å². The lowest BCUT2D eigenvalue weighted by Gasteiger charge is -2.06. The van der Waals surface area contributed by atoms with Gasteiger partial charge in [0.1, 0.15) is 5.75 Å². The van der Waals surface area contributed by atoms with E-state index in [1.54, 1.807) is 7.11 Å². The zero-order chi connectivity index (χ0) is 14.4. The SMILES string of the molecule is COCCc1ccc(OCC(=O)c2sccc2Br)cc1. The van der Waals surface area contributed by atoms with Gasteiger partial charge in [0.25, 0.3) is 0 Å². The molecule has 0 N–H and O–H groups in total. The largest absolute Gasteiger partial charge is 0.485 e. The number of halogens is 1. The van der Waals surface area contributed by atoms with E-state index in [0.717, 1.165) is 10.9 Å². The van der Waals surface area contributed by atoms with Crippen molar-refractivity contribution in [2.45, 2.75) is 6.42 Å². The molecule has 0 amide bonds. The van der Waals surface area contributed by atoms with Gasteiger partial charge in [0.2, 0.25) is 5.78 Å². The number of ether oxygens (including phenoxy) is 2. The van der Waals surface area contributed by atoms with E-state index >= 15 is 0 Å². The molecule has 2 rings (SSSR count). The maximum Gasteiger partial charge on any atom is 0.211 e. The van der Waals surface area contributed by atoms with Crippen LogP contribution in [0.2, 0.25) is 0 Å². The highest BCUT2D eigenvalue weighted by atomic mass is 79.9. The van der Waals surface area contributed by atoms with Crippen LogP contribution in [0.5, 0.6) is 5.75 Å². The molecule has 0 aliphatic rings. The summed E-state index contributed by atoms with van der Waals surface area (Å²) < 4.78 is 11.4. The summed E-state index contributed by atoms with van der Waals surface area (Å²) in [6.07, 6.45) is 0.873. The van der Waals surface area contributed by atoms with Crippen LogP contribution in [-0.4, -0.2) is 26.1 Å². The number of thiophene rings is 1. The van der Waals surface area contributed by atoms with Crippen LogP contribution in [0, 0.1) is 0 Å². The smallest absolute Gasteiger partial charge is 0.211 e. The molecule has 20 heavy (non-hydrogen) atoms. The average Bonchev–Trinajstić information content (AvgIpc) is 2.90. The second kappa shape index (κ2) is 7.57. The number of hydrogen-bond donors (Lipinski definition) is 0. The molecule has 0 aliphatic heterocycles. The summed E-state index contributed by atoms with van der Waals surface area (Å²) in [6.45, 7) is 0.752. The Hall–Kier alpha value is -1.17. The number of carbonyl (C=O) groups excluding carboxylic acids is 1. The summed E-state index contributed by atoms with van der Waals surface area (Å²) in [5.41, 5.74) is 1.19. The maximum atomic E-state index is 11.9. The molecular formula is C15H15BrO3S. The van der Waals surface area contributed by atoms with E-state index in [1.807, 2.05) is 35.7 Å². The number of methoxy groups -OCH3 is 1. The monoisotopic (exact) mass is 354 g/mol. The molecule has 0 fully saturated rings. The van der Waals surface area contributed by atoms with Gasteiger partial charge in [-0.3, -0.25) is 4.79 Å². The highest BCUT2D eigenvalue weighted by Crippen LogP contribution is 2.23. The molecule has 0 radical (unpaired) electrons. The lowest BCUT2D eigenvalue weighted by molar-refractivity contribution is 0.0925. The van der Waals surface area contributed by atoms with Crippen LogP contribution in [-0.2, 0) is 11.2 Å². The van der Waals surface area contributed by atoms with Crippen LogP contribution in [0.3, 0.4) is 0 Å². The predicted molar refractivity (Wildman–Crippen MR) is 83.9 cm³/mol. The molecule has 5 heteroatoms. The molecule has 0 saturated heterocycles. The molecule has 0 atom stereocenters. The molecule has 0 aliphatic carbocycles. The molecular weight excluding hydrogens is 340 g/mol. The van der Waals surface area contributed by atoms with Crippen LogP contribution in [0.25, 0.3) is 0 Å². The Morgan fingerprint density at radius 3 is 2.60 bits per heavy atom. The third kappa shape index (κ3) is 4.16. The van der Waals surface area contributed by atoms with Gasteiger partial charge in [-0.05, 0) is 51.5 Å². The zero-order valence-electron chi connectivity index (χ0n) is 11.1. The fourth-order valence-corrected chi connectivity index (χ4v) is 3.20. The molecule has 1 aromatic heterocycles. The summed E-state index contributed by atoms with van der Waals surface area (Å²) in [4.78, 5) is 12.6. The Bertz CT molecular complexity index is 563. The Morgan fingerprint density at radius 1 is 1.25 bits per heavy atom. The van der Waals surface area contributed by atoms with Crippen LogP contribution in [0.1, 0.15) is 15.2 Å². The van der Waals surface area contributed by atoms with E-state index in [2.05, 4.69) is 15.9 Å². The molecule has 1 aromatic carbocycles. The third-order valence-electron chi connectivity index (χ3n) is 2.76. The average molecular weight is 355 g/mol. The summed E-state index contributed by atoms with van der Waals surface area (Å²) in [7, 11) is 1.69. The standard InChI is InChI=1S/C15H15BrO3S/c1-18-8-6-11-2-4-12(5-3-11)19-10-14(17)15-13(16)7-9-20-15/h2-5,7,9H,6,8,10H2,1H3.